The van der Waals surface area contributed by atoms with E-state index in [2.05, 4.69) is 10.3 Å². The van der Waals surface area contributed by atoms with Crippen LogP contribution in [0.3, 0.4) is 0 Å². The number of sulfonamides is 1. The zero-order valence-electron chi connectivity index (χ0n) is 16.3. The molecule has 2 fully saturated rings. The Bertz CT molecular complexity index is 1100. The maximum atomic E-state index is 12.7. The van der Waals surface area contributed by atoms with Crippen molar-refractivity contribution in [1.82, 2.24) is 9.29 Å². The molecule has 3 heterocycles. The standard InChI is InChI=1S/C20H22N4O4S2/c25-18-10-13(11-24(18)14-4-2-1-3-5-14)19(26)22-20-21-16-8-9-23(12-17(16)29-20)30(27,28)15-6-7-15/h1-5,13,15H,6-12H2,(H,21,22,26). The lowest BCUT2D eigenvalue weighted by molar-refractivity contribution is -0.122. The second-order valence-corrected chi connectivity index (χ2v) is 11.2. The van der Waals surface area contributed by atoms with E-state index in [1.807, 2.05) is 30.3 Å². The van der Waals surface area contributed by atoms with E-state index in [1.54, 1.807) is 9.21 Å². The lowest BCUT2D eigenvalue weighted by atomic mass is 10.1. The maximum Gasteiger partial charge on any atom is 0.231 e. The van der Waals surface area contributed by atoms with Crippen molar-refractivity contribution in [2.75, 3.05) is 23.3 Å². The first-order chi connectivity index (χ1) is 14.4. The first kappa shape index (κ1) is 19.7. The van der Waals surface area contributed by atoms with Gasteiger partial charge in [-0.15, -0.1) is 11.3 Å². The van der Waals surface area contributed by atoms with Gasteiger partial charge in [-0.25, -0.2) is 13.4 Å². The van der Waals surface area contributed by atoms with Crippen LogP contribution in [0.1, 0.15) is 29.8 Å². The third kappa shape index (κ3) is 3.63. The fourth-order valence-electron chi connectivity index (χ4n) is 3.97. The number of carbonyl (C=O) groups excluding carboxylic acids is 2. The minimum atomic E-state index is -3.22. The SMILES string of the molecule is O=C(Nc1nc2c(s1)CN(S(=O)(=O)C1CC1)CC2)C1CC(=O)N(c2ccccc2)C1. The minimum absolute atomic E-state index is 0.0688. The molecule has 0 spiro atoms. The van der Waals surface area contributed by atoms with Crippen LogP contribution >= 0.6 is 11.3 Å². The largest absolute Gasteiger partial charge is 0.312 e. The molecule has 0 bridgehead atoms. The number of anilines is 2. The predicted molar refractivity (Wildman–Crippen MR) is 114 cm³/mol. The zero-order chi connectivity index (χ0) is 20.9. The smallest absolute Gasteiger partial charge is 0.231 e. The number of carbonyl (C=O) groups is 2. The average molecular weight is 447 g/mol. The molecule has 5 rings (SSSR count). The van der Waals surface area contributed by atoms with Crippen molar-refractivity contribution in [2.45, 2.75) is 37.5 Å². The van der Waals surface area contributed by atoms with E-state index in [4.69, 9.17) is 0 Å². The van der Waals surface area contributed by atoms with Crippen molar-refractivity contribution >= 4 is 44.0 Å². The molecule has 1 aromatic heterocycles. The van der Waals surface area contributed by atoms with Crippen LogP contribution < -0.4 is 10.2 Å². The van der Waals surface area contributed by atoms with Gasteiger partial charge in [0, 0.05) is 43.0 Å². The number of hydrogen-bond donors (Lipinski definition) is 1. The highest BCUT2D eigenvalue weighted by atomic mass is 32.2. The van der Waals surface area contributed by atoms with Crippen molar-refractivity contribution in [3.8, 4) is 0 Å². The van der Waals surface area contributed by atoms with E-state index in [1.165, 1.54) is 11.3 Å². The number of thiazole rings is 1. The summed E-state index contributed by atoms with van der Waals surface area (Å²) >= 11 is 1.32. The van der Waals surface area contributed by atoms with E-state index in [0.29, 0.717) is 31.2 Å². The summed E-state index contributed by atoms with van der Waals surface area (Å²) in [5.41, 5.74) is 1.64. The van der Waals surface area contributed by atoms with Crippen LogP contribution in [-0.4, -0.2) is 47.9 Å². The van der Waals surface area contributed by atoms with Gasteiger partial charge < -0.3 is 10.2 Å². The predicted octanol–water partition coefficient (Wildman–Crippen LogP) is 1.98. The van der Waals surface area contributed by atoms with Gasteiger partial charge in [0.2, 0.25) is 21.8 Å². The Hall–Kier alpha value is -2.30. The Morgan fingerprint density at radius 3 is 2.70 bits per heavy atom. The lowest BCUT2D eigenvalue weighted by Crippen LogP contribution is -2.37. The molecule has 158 valence electrons. The van der Waals surface area contributed by atoms with E-state index in [0.717, 1.165) is 29.1 Å². The maximum absolute atomic E-state index is 12.7. The van der Waals surface area contributed by atoms with Crippen LogP contribution in [0.15, 0.2) is 30.3 Å². The van der Waals surface area contributed by atoms with E-state index < -0.39 is 15.9 Å². The Labute approximate surface area is 178 Å². The van der Waals surface area contributed by atoms with Gasteiger partial charge in [0.1, 0.15) is 0 Å². The number of aromatic nitrogens is 1. The van der Waals surface area contributed by atoms with Crippen molar-refractivity contribution in [3.05, 3.63) is 40.9 Å². The monoisotopic (exact) mass is 446 g/mol. The summed E-state index contributed by atoms with van der Waals surface area (Å²) in [6.45, 7) is 1.10. The number of fused-ring (bicyclic) bond motifs is 1. The quantitative estimate of drug-likeness (QED) is 0.757. The molecule has 1 aliphatic carbocycles. The van der Waals surface area contributed by atoms with E-state index in [9.17, 15) is 18.0 Å². The van der Waals surface area contributed by atoms with Crippen LogP contribution in [0.4, 0.5) is 10.8 Å². The summed E-state index contributed by atoms with van der Waals surface area (Å²) in [5, 5.41) is 3.09. The molecule has 1 unspecified atom stereocenters. The Morgan fingerprint density at radius 2 is 1.97 bits per heavy atom. The summed E-state index contributed by atoms with van der Waals surface area (Å²) < 4.78 is 26.5. The van der Waals surface area contributed by atoms with Crippen molar-refractivity contribution < 1.29 is 18.0 Å². The second-order valence-electron chi connectivity index (χ2n) is 7.95. The minimum Gasteiger partial charge on any atom is -0.312 e. The highest BCUT2D eigenvalue weighted by Gasteiger charge is 2.41. The van der Waals surface area contributed by atoms with Crippen LogP contribution in [0.5, 0.6) is 0 Å². The summed E-state index contributed by atoms with van der Waals surface area (Å²) in [4.78, 5) is 32.1. The summed E-state index contributed by atoms with van der Waals surface area (Å²) in [5.74, 6) is -0.735. The van der Waals surface area contributed by atoms with Gasteiger partial charge in [-0.05, 0) is 25.0 Å². The van der Waals surface area contributed by atoms with Crippen LogP contribution in [0, 0.1) is 5.92 Å². The topological polar surface area (TPSA) is 99.7 Å². The molecule has 1 saturated carbocycles. The van der Waals surface area contributed by atoms with Crippen LogP contribution in [-0.2, 0) is 32.6 Å². The van der Waals surface area contributed by atoms with Crippen molar-refractivity contribution in [3.63, 3.8) is 0 Å². The fourth-order valence-corrected chi connectivity index (χ4v) is 6.88. The molecule has 2 amide bonds. The molecule has 2 aromatic rings. The molecule has 3 aliphatic rings. The first-order valence-corrected chi connectivity index (χ1v) is 12.4. The van der Waals surface area contributed by atoms with Crippen LogP contribution in [0.2, 0.25) is 0 Å². The number of nitrogens with one attached hydrogen (secondary N) is 1. The average Bonchev–Trinajstić information content (AvgIpc) is 3.42. The van der Waals surface area contributed by atoms with Gasteiger partial charge in [-0.1, -0.05) is 18.2 Å². The highest BCUT2D eigenvalue weighted by Crippen LogP contribution is 2.36. The Morgan fingerprint density at radius 1 is 1.20 bits per heavy atom. The van der Waals surface area contributed by atoms with E-state index in [-0.39, 0.29) is 23.5 Å². The molecule has 1 N–H and O–H groups in total. The Kier molecular flexibility index (Phi) is 4.87. The normalized spacial score (nSPS) is 22.2. The Balaban J connectivity index is 1.25. The lowest BCUT2D eigenvalue weighted by Gasteiger charge is -2.25. The molecule has 8 nitrogen and oxygen atoms in total. The van der Waals surface area contributed by atoms with Gasteiger partial charge >= 0.3 is 0 Å². The molecule has 1 atom stereocenters. The number of hydrogen-bond acceptors (Lipinski definition) is 6. The van der Waals surface area contributed by atoms with Gasteiger partial charge in [0.05, 0.1) is 16.9 Å². The molecule has 0 radical (unpaired) electrons. The third-order valence-electron chi connectivity index (χ3n) is 5.80. The molecule has 2 aliphatic heterocycles. The van der Waals surface area contributed by atoms with Crippen LogP contribution in [0.25, 0.3) is 0 Å². The summed E-state index contributed by atoms with van der Waals surface area (Å²) in [6, 6.07) is 9.32. The number of amides is 2. The summed E-state index contributed by atoms with van der Waals surface area (Å²) in [7, 11) is -3.22. The van der Waals surface area contributed by atoms with Gasteiger partial charge in [0.15, 0.2) is 5.13 Å². The molecule has 1 saturated heterocycles. The third-order valence-corrected chi connectivity index (χ3v) is 9.14. The molecular weight excluding hydrogens is 424 g/mol. The van der Waals surface area contributed by atoms with Gasteiger partial charge in [-0.3, -0.25) is 9.59 Å². The van der Waals surface area contributed by atoms with E-state index >= 15 is 0 Å². The second kappa shape index (κ2) is 7.44. The first-order valence-electron chi connectivity index (χ1n) is 10.1. The van der Waals surface area contributed by atoms with Gasteiger partial charge in [0.25, 0.3) is 0 Å². The number of para-hydroxylation sites is 1. The summed E-state index contributed by atoms with van der Waals surface area (Å²) in [6.07, 6.45) is 2.21. The molecular formula is C20H22N4O4S2. The number of nitrogens with zero attached hydrogens (tertiary/aromatic N) is 3. The molecule has 30 heavy (non-hydrogen) atoms. The van der Waals surface area contributed by atoms with Gasteiger partial charge in [-0.2, -0.15) is 4.31 Å². The number of rotatable bonds is 5. The number of benzene rings is 1. The fraction of sp³-hybridized carbons (Fsp3) is 0.450. The van der Waals surface area contributed by atoms with Crippen molar-refractivity contribution in [1.29, 1.82) is 0 Å². The molecule has 1 aromatic carbocycles. The zero-order valence-corrected chi connectivity index (χ0v) is 17.9. The van der Waals surface area contributed by atoms with Crippen molar-refractivity contribution in [2.24, 2.45) is 5.92 Å². The highest BCUT2D eigenvalue weighted by molar-refractivity contribution is 7.90. The molecule has 10 heteroatoms.